The van der Waals surface area contributed by atoms with Crippen molar-refractivity contribution in [3.05, 3.63) is 106 Å². The third kappa shape index (κ3) is 9.50. The molecule has 2 atom stereocenters. The molecule has 3 aromatic carbocycles. The number of nitrogens with two attached hydrogens (primary N) is 1. The molecule has 0 radical (unpaired) electrons. The Balaban J connectivity index is 1.27. The summed E-state index contributed by atoms with van der Waals surface area (Å²) in [6.45, 7) is 7.44. The van der Waals surface area contributed by atoms with Gasteiger partial charge in [-0.15, -0.1) is 0 Å². The number of carbonyl (C=O) groups is 3. The van der Waals surface area contributed by atoms with Gasteiger partial charge in [0.1, 0.15) is 11.9 Å². The molecule has 50 heavy (non-hydrogen) atoms. The Hall–Kier alpha value is -3.79. The van der Waals surface area contributed by atoms with E-state index in [2.05, 4.69) is 10.2 Å². The lowest BCUT2D eigenvalue weighted by Gasteiger charge is -2.41. The van der Waals surface area contributed by atoms with Crippen LogP contribution in [0, 0.1) is 11.2 Å². The van der Waals surface area contributed by atoms with E-state index in [-0.39, 0.29) is 29.6 Å². The molecular weight excluding hydrogens is 653 g/mol. The fourth-order valence-electron chi connectivity index (χ4n) is 7.23. The predicted molar refractivity (Wildman–Crippen MR) is 196 cm³/mol. The molecule has 0 spiro atoms. The van der Waals surface area contributed by atoms with Gasteiger partial charge in [-0.25, -0.2) is 4.39 Å². The second kappa shape index (κ2) is 17.4. The van der Waals surface area contributed by atoms with Gasteiger partial charge in [0.15, 0.2) is 0 Å². The zero-order valence-electron chi connectivity index (χ0n) is 29.4. The fourth-order valence-corrected chi connectivity index (χ4v) is 7.36. The Morgan fingerprint density at radius 2 is 1.60 bits per heavy atom. The standard InChI is InChI=1S/C40H51ClFN5O3/c1-3-45(29(2)48)21-9-8-14-37(34-12-6-7-13-35(34)42)46-22-24-47(25-23-46)38(49)36(26-30-15-17-33(41)18-16-30)44-39(50)40(19-20-40)27-31-10-4-5-11-32(31)28-43/h4-7,10-13,15-18,36-37H,3,8-9,14,19-28,43H2,1-2H3,(H,44,50)/t36-,37?/m1/s1. The fraction of sp³-hybridized carbons (Fsp3) is 0.475. The van der Waals surface area contributed by atoms with E-state index in [4.69, 9.17) is 17.3 Å². The van der Waals surface area contributed by atoms with Crippen molar-refractivity contribution < 1.29 is 18.8 Å². The molecule has 8 nitrogen and oxygen atoms in total. The minimum absolute atomic E-state index is 0.0636. The average molecular weight is 704 g/mol. The van der Waals surface area contributed by atoms with E-state index in [1.54, 1.807) is 25.1 Å². The maximum absolute atomic E-state index is 15.1. The van der Waals surface area contributed by atoms with E-state index >= 15 is 4.39 Å². The highest BCUT2D eigenvalue weighted by molar-refractivity contribution is 6.30. The summed E-state index contributed by atoms with van der Waals surface area (Å²) in [5.74, 6) is -0.378. The van der Waals surface area contributed by atoms with Crippen molar-refractivity contribution in [1.29, 1.82) is 0 Å². The number of hydrogen-bond donors (Lipinski definition) is 2. The Kier molecular flexibility index (Phi) is 13.1. The van der Waals surface area contributed by atoms with Gasteiger partial charge in [-0.3, -0.25) is 19.3 Å². The summed E-state index contributed by atoms with van der Waals surface area (Å²) < 4.78 is 15.1. The summed E-state index contributed by atoms with van der Waals surface area (Å²) in [6, 6.07) is 21.4. The van der Waals surface area contributed by atoms with Crippen molar-refractivity contribution >= 4 is 29.3 Å². The number of unbranched alkanes of at least 4 members (excludes halogenated alkanes) is 1. The van der Waals surface area contributed by atoms with Crippen molar-refractivity contribution in [1.82, 2.24) is 20.0 Å². The lowest BCUT2D eigenvalue weighted by molar-refractivity contribution is -0.139. The number of rotatable bonds is 16. The number of benzene rings is 3. The van der Waals surface area contributed by atoms with Gasteiger partial charge in [0.05, 0.1) is 5.41 Å². The summed E-state index contributed by atoms with van der Waals surface area (Å²) in [4.78, 5) is 46.0. The largest absolute Gasteiger partial charge is 0.343 e. The molecular formula is C40H51ClFN5O3. The summed E-state index contributed by atoms with van der Waals surface area (Å²) in [7, 11) is 0. The average Bonchev–Trinajstić information content (AvgIpc) is 3.91. The quantitative estimate of drug-likeness (QED) is 0.181. The summed E-state index contributed by atoms with van der Waals surface area (Å²) in [5.41, 5.74) is 9.13. The number of halogens is 2. The molecule has 2 aliphatic rings. The van der Waals surface area contributed by atoms with Crippen LogP contribution in [0.4, 0.5) is 4.39 Å². The normalized spacial score (nSPS) is 16.8. The maximum Gasteiger partial charge on any atom is 0.245 e. The second-order valence-electron chi connectivity index (χ2n) is 13.8. The first kappa shape index (κ1) is 37.5. The van der Waals surface area contributed by atoms with Crippen LogP contribution in [0.25, 0.3) is 0 Å². The first-order valence-corrected chi connectivity index (χ1v) is 18.4. The van der Waals surface area contributed by atoms with Crippen LogP contribution in [0.2, 0.25) is 5.02 Å². The minimum Gasteiger partial charge on any atom is -0.343 e. The lowest BCUT2D eigenvalue weighted by Crippen LogP contribution is -2.56. The third-order valence-electron chi connectivity index (χ3n) is 10.5. The summed E-state index contributed by atoms with van der Waals surface area (Å²) in [5, 5.41) is 3.79. The maximum atomic E-state index is 15.1. The molecule has 1 unspecified atom stereocenters. The van der Waals surface area contributed by atoms with Crippen LogP contribution in [0.1, 0.15) is 74.2 Å². The molecule has 1 aliphatic heterocycles. The van der Waals surface area contributed by atoms with Crippen molar-refractivity contribution in [3.63, 3.8) is 0 Å². The number of carbonyl (C=O) groups excluding carboxylic acids is 3. The van der Waals surface area contributed by atoms with Gasteiger partial charge in [-0.1, -0.05) is 66.2 Å². The van der Waals surface area contributed by atoms with Gasteiger partial charge in [-0.05, 0) is 80.3 Å². The minimum atomic E-state index is -0.734. The molecule has 1 heterocycles. The number of hydrogen-bond acceptors (Lipinski definition) is 5. The van der Waals surface area contributed by atoms with Crippen LogP contribution < -0.4 is 11.1 Å². The van der Waals surface area contributed by atoms with E-state index in [9.17, 15) is 14.4 Å². The Morgan fingerprint density at radius 1 is 0.940 bits per heavy atom. The predicted octanol–water partition coefficient (Wildman–Crippen LogP) is 5.91. The first-order chi connectivity index (χ1) is 24.1. The highest BCUT2D eigenvalue weighted by Gasteiger charge is 2.50. The molecule has 3 amide bonds. The van der Waals surface area contributed by atoms with Gasteiger partial charge >= 0.3 is 0 Å². The van der Waals surface area contributed by atoms with Crippen molar-refractivity contribution in [3.8, 4) is 0 Å². The van der Waals surface area contributed by atoms with E-state index in [0.29, 0.717) is 69.2 Å². The number of nitrogens with zero attached hydrogens (tertiary/aromatic N) is 3. The number of nitrogens with one attached hydrogen (secondary N) is 1. The number of amides is 3. The molecule has 10 heteroatoms. The van der Waals surface area contributed by atoms with Crippen LogP contribution in [0.15, 0.2) is 72.8 Å². The third-order valence-corrected chi connectivity index (χ3v) is 10.7. The SMILES string of the molecule is CCN(CCCCC(c1ccccc1F)N1CCN(C(=O)[C@@H](Cc2ccc(Cl)cc2)NC(=O)C2(Cc3ccccc3CN)CC2)CC1)C(C)=O. The molecule has 1 saturated heterocycles. The van der Waals surface area contributed by atoms with Gasteiger partial charge in [0, 0.05) is 75.8 Å². The second-order valence-corrected chi connectivity index (χ2v) is 14.2. The van der Waals surface area contributed by atoms with Crippen LogP contribution in [-0.4, -0.2) is 77.7 Å². The van der Waals surface area contributed by atoms with E-state index in [1.165, 1.54) is 6.07 Å². The van der Waals surface area contributed by atoms with E-state index in [0.717, 1.165) is 48.8 Å². The van der Waals surface area contributed by atoms with Gasteiger partial charge in [0.25, 0.3) is 0 Å². The van der Waals surface area contributed by atoms with Crippen LogP contribution in [0.3, 0.4) is 0 Å². The number of piperazine rings is 1. The lowest BCUT2D eigenvalue weighted by atomic mass is 9.91. The van der Waals surface area contributed by atoms with Gasteiger partial charge < -0.3 is 20.9 Å². The molecule has 1 aliphatic carbocycles. The smallest absolute Gasteiger partial charge is 0.245 e. The zero-order valence-corrected chi connectivity index (χ0v) is 30.1. The van der Waals surface area contributed by atoms with Crippen LogP contribution in [-0.2, 0) is 33.8 Å². The van der Waals surface area contributed by atoms with Crippen LogP contribution in [0.5, 0.6) is 0 Å². The Morgan fingerprint density at radius 3 is 2.22 bits per heavy atom. The van der Waals surface area contributed by atoms with Crippen molar-refractivity contribution in [2.45, 2.75) is 77.4 Å². The molecule has 3 aromatic rings. The summed E-state index contributed by atoms with van der Waals surface area (Å²) in [6.07, 6.45) is 4.90. The molecule has 0 aromatic heterocycles. The summed E-state index contributed by atoms with van der Waals surface area (Å²) >= 11 is 6.16. The Bertz CT molecular complexity index is 1610. The monoisotopic (exact) mass is 703 g/mol. The van der Waals surface area contributed by atoms with Crippen molar-refractivity contribution in [2.75, 3.05) is 39.3 Å². The van der Waals surface area contributed by atoms with Crippen molar-refractivity contribution in [2.24, 2.45) is 11.1 Å². The van der Waals surface area contributed by atoms with Gasteiger partial charge in [-0.2, -0.15) is 0 Å². The molecule has 2 fully saturated rings. The molecule has 5 rings (SSSR count). The molecule has 3 N–H and O–H groups in total. The first-order valence-electron chi connectivity index (χ1n) is 18.0. The molecule has 1 saturated carbocycles. The van der Waals surface area contributed by atoms with E-state index < -0.39 is 11.5 Å². The topological polar surface area (TPSA) is 99.0 Å². The molecule has 268 valence electrons. The Labute approximate surface area is 301 Å². The highest BCUT2D eigenvalue weighted by atomic mass is 35.5. The van der Waals surface area contributed by atoms with Crippen LogP contribution >= 0.6 is 11.6 Å². The molecule has 0 bridgehead atoms. The highest BCUT2D eigenvalue weighted by Crippen LogP contribution is 2.49. The van der Waals surface area contributed by atoms with Gasteiger partial charge in [0.2, 0.25) is 17.7 Å². The zero-order chi connectivity index (χ0) is 35.7. The van der Waals surface area contributed by atoms with E-state index in [1.807, 2.05) is 65.3 Å².